The lowest BCUT2D eigenvalue weighted by Crippen LogP contribution is -2.51. The molecule has 2 fully saturated rings. The molecule has 3 aliphatic rings. The molecule has 4 rings (SSSR count). The van der Waals surface area contributed by atoms with Gasteiger partial charge in [-0.05, 0) is 54.6 Å². The van der Waals surface area contributed by atoms with Gasteiger partial charge in [0, 0.05) is 39.5 Å². The van der Waals surface area contributed by atoms with Gasteiger partial charge in [-0.2, -0.15) is 0 Å². The van der Waals surface area contributed by atoms with Crippen LogP contribution >= 0.6 is 0 Å². The Morgan fingerprint density at radius 3 is 2.68 bits per heavy atom. The van der Waals surface area contributed by atoms with E-state index in [1.807, 2.05) is 11.9 Å². The van der Waals surface area contributed by atoms with Crippen LogP contribution in [-0.4, -0.2) is 48.3 Å². The molecule has 1 aromatic rings. The zero-order valence-electron chi connectivity index (χ0n) is 15.2. The fraction of sp³-hybridized carbons (Fsp3) is 0.619. The number of fused-ring (bicyclic) bond motifs is 1. The normalized spacial score (nSPS) is 25.3. The minimum Gasteiger partial charge on any atom is -0.345 e. The second-order valence-electron chi connectivity index (χ2n) is 8.27. The Labute approximate surface area is 150 Å². The van der Waals surface area contributed by atoms with Gasteiger partial charge in [-0.1, -0.05) is 24.3 Å². The number of likely N-dealkylation sites (tertiary alicyclic amines) is 2. The summed E-state index contributed by atoms with van der Waals surface area (Å²) in [5.41, 5.74) is 3.06. The van der Waals surface area contributed by atoms with E-state index in [4.69, 9.17) is 0 Å². The predicted molar refractivity (Wildman–Crippen MR) is 97.2 cm³/mol. The molecule has 0 aromatic heterocycles. The summed E-state index contributed by atoms with van der Waals surface area (Å²) in [4.78, 5) is 28.5. The van der Waals surface area contributed by atoms with Gasteiger partial charge in [0.15, 0.2) is 0 Å². The lowest BCUT2D eigenvalue weighted by atomic mass is 9.72. The molecule has 2 amide bonds. The van der Waals surface area contributed by atoms with Gasteiger partial charge >= 0.3 is 0 Å². The second kappa shape index (κ2) is 6.47. The van der Waals surface area contributed by atoms with Crippen molar-refractivity contribution in [1.29, 1.82) is 0 Å². The molecule has 0 bridgehead atoms. The van der Waals surface area contributed by atoms with Crippen molar-refractivity contribution in [2.75, 3.05) is 26.7 Å². The number of piperidine rings is 2. The van der Waals surface area contributed by atoms with E-state index in [0.717, 1.165) is 51.7 Å². The van der Waals surface area contributed by atoms with Crippen LogP contribution in [0.2, 0.25) is 0 Å². The van der Waals surface area contributed by atoms with Crippen LogP contribution < -0.4 is 0 Å². The van der Waals surface area contributed by atoms with Crippen LogP contribution in [0.15, 0.2) is 24.3 Å². The maximum Gasteiger partial charge on any atom is 0.223 e. The number of nitrogens with zero attached hydrogens (tertiary/aromatic N) is 2. The molecule has 0 N–H and O–H groups in total. The van der Waals surface area contributed by atoms with Crippen molar-refractivity contribution < 1.29 is 9.59 Å². The van der Waals surface area contributed by atoms with Crippen LogP contribution in [0.3, 0.4) is 0 Å². The standard InChI is InChI=1S/C21H28N2O2/c1-22-15-21(9-8-19(22)24)10-12-23(13-11-21)20(25)14-17-7-6-16-4-2-3-5-18(16)17/h2-5,17H,6-15H2,1H3/t17-/m0/s1. The molecule has 2 aliphatic heterocycles. The van der Waals surface area contributed by atoms with E-state index in [1.165, 1.54) is 11.1 Å². The highest BCUT2D eigenvalue weighted by atomic mass is 16.2. The van der Waals surface area contributed by atoms with E-state index in [-0.39, 0.29) is 11.3 Å². The van der Waals surface area contributed by atoms with Gasteiger partial charge in [0.2, 0.25) is 11.8 Å². The van der Waals surface area contributed by atoms with E-state index in [9.17, 15) is 9.59 Å². The number of amides is 2. The van der Waals surface area contributed by atoms with Crippen molar-refractivity contribution in [2.24, 2.45) is 5.41 Å². The van der Waals surface area contributed by atoms with Crippen LogP contribution in [0.1, 0.15) is 55.6 Å². The Kier molecular flexibility index (Phi) is 4.30. The van der Waals surface area contributed by atoms with Crippen molar-refractivity contribution in [3.05, 3.63) is 35.4 Å². The van der Waals surface area contributed by atoms with Crippen molar-refractivity contribution in [1.82, 2.24) is 9.80 Å². The minimum atomic E-state index is 0.249. The van der Waals surface area contributed by atoms with Crippen molar-refractivity contribution in [3.63, 3.8) is 0 Å². The molecular formula is C21H28N2O2. The largest absolute Gasteiger partial charge is 0.345 e. The van der Waals surface area contributed by atoms with Crippen LogP contribution in [0, 0.1) is 5.41 Å². The van der Waals surface area contributed by atoms with Gasteiger partial charge in [-0.15, -0.1) is 0 Å². The average Bonchev–Trinajstić information content (AvgIpc) is 3.02. The molecule has 0 radical (unpaired) electrons. The third kappa shape index (κ3) is 3.19. The fourth-order valence-corrected chi connectivity index (χ4v) is 5.07. The number of carbonyl (C=O) groups excluding carboxylic acids is 2. The molecule has 1 atom stereocenters. The number of hydrogen-bond donors (Lipinski definition) is 0. The quantitative estimate of drug-likeness (QED) is 0.830. The van der Waals surface area contributed by atoms with Crippen molar-refractivity contribution in [3.8, 4) is 0 Å². The zero-order valence-corrected chi connectivity index (χ0v) is 15.2. The topological polar surface area (TPSA) is 40.6 Å². The Morgan fingerprint density at radius 1 is 1.16 bits per heavy atom. The van der Waals surface area contributed by atoms with E-state index in [1.54, 1.807) is 0 Å². The van der Waals surface area contributed by atoms with E-state index in [2.05, 4.69) is 29.2 Å². The zero-order chi connectivity index (χ0) is 17.4. The van der Waals surface area contributed by atoms with Gasteiger partial charge in [0.25, 0.3) is 0 Å². The number of hydrogen-bond acceptors (Lipinski definition) is 2. The van der Waals surface area contributed by atoms with Gasteiger partial charge in [-0.3, -0.25) is 9.59 Å². The third-order valence-electron chi connectivity index (χ3n) is 6.72. The minimum absolute atomic E-state index is 0.249. The van der Waals surface area contributed by atoms with Crippen LogP contribution in [0.5, 0.6) is 0 Å². The highest BCUT2D eigenvalue weighted by molar-refractivity contribution is 5.78. The maximum absolute atomic E-state index is 12.8. The second-order valence-corrected chi connectivity index (χ2v) is 8.27. The molecule has 1 aliphatic carbocycles. The first-order valence-electron chi connectivity index (χ1n) is 9.66. The smallest absolute Gasteiger partial charge is 0.223 e. The molecule has 4 nitrogen and oxygen atoms in total. The highest BCUT2D eigenvalue weighted by Crippen LogP contribution is 2.41. The molecule has 0 saturated carbocycles. The molecule has 4 heteroatoms. The van der Waals surface area contributed by atoms with Crippen LogP contribution in [0.4, 0.5) is 0 Å². The van der Waals surface area contributed by atoms with Gasteiger partial charge in [0.05, 0.1) is 0 Å². The number of carbonyl (C=O) groups is 2. The average molecular weight is 340 g/mol. The summed E-state index contributed by atoms with van der Waals surface area (Å²) >= 11 is 0. The number of aryl methyl sites for hydroxylation is 1. The van der Waals surface area contributed by atoms with Gasteiger partial charge in [0.1, 0.15) is 0 Å². The molecule has 0 unspecified atom stereocenters. The van der Waals surface area contributed by atoms with Crippen LogP contribution in [0.25, 0.3) is 0 Å². The first kappa shape index (κ1) is 16.6. The van der Waals surface area contributed by atoms with E-state index < -0.39 is 0 Å². The van der Waals surface area contributed by atoms with Crippen LogP contribution in [-0.2, 0) is 16.0 Å². The van der Waals surface area contributed by atoms with E-state index >= 15 is 0 Å². The molecule has 2 heterocycles. The lowest BCUT2D eigenvalue weighted by Gasteiger charge is -2.46. The molecular weight excluding hydrogens is 312 g/mol. The molecule has 1 spiro atoms. The fourth-order valence-electron chi connectivity index (χ4n) is 5.07. The summed E-state index contributed by atoms with van der Waals surface area (Å²) in [5.74, 6) is 0.985. The molecule has 134 valence electrons. The Morgan fingerprint density at radius 2 is 1.92 bits per heavy atom. The molecule has 25 heavy (non-hydrogen) atoms. The first-order valence-corrected chi connectivity index (χ1v) is 9.66. The number of benzene rings is 1. The first-order chi connectivity index (χ1) is 12.1. The Balaban J connectivity index is 1.34. The van der Waals surface area contributed by atoms with Crippen molar-refractivity contribution >= 4 is 11.8 Å². The van der Waals surface area contributed by atoms with Gasteiger partial charge in [-0.25, -0.2) is 0 Å². The maximum atomic E-state index is 12.8. The summed E-state index contributed by atoms with van der Waals surface area (Å²) in [6, 6.07) is 8.58. The third-order valence-corrected chi connectivity index (χ3v) is 6.72. The molecule has 1 aromatic carbocycles. The number of rotatable bonds is 2. The monoisotopic (exact) mass is 340 g/mol. The van der Waals surface area contributed by atoms with Crippen molar-refractivity contribution in [2.45, 2.75) is 50.9 Å². The Bertz CT molecular complexity index is 676. The lowest BCUT2D eigenvalue weighted by molar-refractivity contribution is -0.141. The summed E-state index contributed by atoms with van der Waals surface area (Å²) < 4.78 is 0. The van der Waals surface area contributed by atoms with E-state index in [0.29, 0.717) is 24.7 Å². The van der Waals surface area contributed by atoms with Gasteiger partial charge < -0.3 is 9.80 Å². The summed E-state index contributed by atoms with van der Waals surface area (Å²) in [7, 11) is 1.91. The summed E-state index contributed by atoms with van der Waals surface area (Å²) in [6.07, 6.45) is 6.61. The Hall–Kier alpha value is -1.84. The summed E-state index contributed by atoms with van der Waals surface area (Å²) in [6.45, 7) is 2.58. The SMILES string of the molecule is CN1CC2(CCC1=O)CCN(C(=O)C[C@@H]1CCc3ccccc31)CC2. The predicted octanol–water partition coefficient (Wildman–Crippen LogP) is 2.97. The molecule has 2 saturated heterocycles. The highest BCUT2D eigenvalue weighted by Gasteiger charge is 2.41. The summed E-state index contributed by atoms with van der Waals surface area (Å²) in [5, 5.41) is 0.